The Kier molecular flexibility index (Phi) is 8.66. The maximum Gasteiger partial charge on any atom is 0.300 e. The van der Waals surface area contributed by atoms with Crippen molar-refractivity contribution in [3.8, 4) is 23.0 Å². The fourth-order valence-corrected chi connectivity index (χ4v) is 4.73. The van der Waals surface area contributed by atoms with Gasteiger partial charge in [-0.1, -0.05) is 23.7 Å². The molecule has 0 aromatic heterocycles. The molecule has 1 heterocycles. The van der Waals surface area contributed by atoms with Gasteiger partial charge in [0.15, 0.2) is 11.5 Å². The van der Waals surface area contributed by atoms with E-state index >= 15 is 0 Å². The van der Waals surface area contributed by atoms with Gasteiger partial charge in [-0.15, -0.1) is 0 Å². The van der Waals surface area contributed by atoms with Crippen molar-refractivity contribution in [2.75, 3.05) is 31.8 Å². The average Bonchev–Trinajstić information content (AvgIpc) is 3.19. The van der Waals surface area contributed by atoms with E-state index in [4.69, 9.17) is 30.5 Å². The predicted molar refractivity (Wildman–Crippen MR) is 149 cm³/mol. The standard InChI is InChI=1S/C30H30ClNO7/c1-5-37-21-12-13-22(24(17-21)38-6-2)28(33)26-27(18-11-14-23(36-4)25(15-18)39-7-3)32(30(35)29(26)34)20-10-8-9-19(31)16-20/h8-17,27,33H,5-7H2,1-4H3/b28-26+. The van der Waals surface area contributed by atoms with Crippen LogP contribution >= 0.6 is 11.6 Å². The minimum Gasteiger partial charge on any atom is -0.507 e. The van der Waals surface area contributed by atoms with Crippen LogP contribution in [0.25, 0.3) is 5.76 Å². The molecule has 1 amide bonds. The molecule has 0 spiro atoms. The number of ketones is 1. The van der Waals surface area contributed by atoms with E-state index in [9.17, 15) is 14.7 Å². The van der Waals surface area contributed by atoms with Gasteiger partial charge in [0.25, 0.3) is 11.7 Å². The quantitative estimate of drug-likeness (QED) is 0.183. The summed E-state index contributed by atoms with van der Waals surface area (Å²) in [6.45, 7) is 6.63. The molecular formula is C30H30ClNO7. The lowest BCUT2D eigenvalue weighted by Crippen LogP contribution is -2.29. The fourth-order valence-electron chi connectivity index (χ4n) is 4.55. The highest BCUT2D eigenvalue weighted by Crippen LogP contribution is 2.45. The van der Waals surface area contributed by atoms with Crippen molar-refractivity contribution in [3.05, 3.63) is 82.4 Å². The predicted octanol–water partition coefficient (Wildman–Crippen LogP) is 6.17. The number of halogens is 1. The summed E-state index contributed by atoms with van der Waals surface area (Å²) in [6, 6.07) is 15.7. The van der Waals surface area contributed by atoms with Crippen LogP contribution in [0.4, 0.5) is 5.69 Å². The molecule has 1 aliphatic rings. The van der Waals surface area contributed by atoms with Gasteiger partial charge in [-0.05, 0) is 68.8 Å². The van der Waals surface area contributed by atoms with E-state index in [0.29, 0.717) is 59.1 Å². The zero-order valence-corrected chi connectivity index (χ0v) is 22.9. The topological polar surface area (TPSA) is 94.5 Å². The van der Waals surface area contributed by atoms with Crippen LogP contribution in [0, 0.1) is 0 Å². The molecule has 0 aliphatic carbocycles. The molecule has 8 nitrogen and oxygen atoms in total. The molecule has 1 saturated heterocycles. The summed E-state index contributed by atoms with van der Waals surface area (Å²) in [5.41, 5.74) is 1.09. The number of aliphatic hydroxyl groups is 1. The van der Waals surface area contributed by atoms with Gasteiger partial charge in [0.2, 0.25) is 0 Å². The van der Waals surface area contributed by atoms with Gasteiger partial charge in [-0.2, -0.15) is 0 Å². The Morgan fingerprint density at radius 2 is 1.59 bits per heavy atom. The number of benzene rings is 3. The lowest BCUT2D eigenvalue weighted by atomic mass is 9.94. The molecule has 1 atom stereocenters. The first kappa shape index (κ1) is 27.9. The van der Waals surface area contributed by atoms with Crippen molar-refractivity contribution >= 4 is 34.7 Å². The number of hydrogen-bond donors (Lipinski definition) is 1. The first-order valence-corrected chi connectivity index (χ1v) is 13.0. The second-order valence-electron chi connectivity index (χ2n) is 8.52. The molecule has 204 valence electrons. The number of Topliss-reactive ketones (excluding diaryl/α,β-unsaturated/α-hetero) is 1. The Hall–Kier alpha value is -4.17. The smallest absolute Gasteiger partial charge is 0.300 e. The maximum atomic E-state index is 13.6. The van der Waals surface area contributed by atoms with Crippen LogP contribution in [0.1, 0.15) is 37.9 Å². The number of nitrogens with zero attached hydrogens (tertiary/aromatic N) is 1. The van der Waals surface area contributed by atoms with E-state index in [-0.39, 0.29) is 16.9 Å². The van der Waals surface area contributed by atoms with Gasteiger partial charge in [-0.3, -0.25) is 14.5 Å². The second-order valence-corrected chi connectivity index (χ2v) is 8.95. The zero-order chi connectivity index (χ0) is 28.1. The van der Waals surface area contributed by atoms with E-state index in [1.54, 1.807) is 60.7 Å². The Morgan fingerprint density at radius 3 is 2.26 bits per heavy atom. The summed E-state index contributed by atoms with van der Waals surface area (Å²) in [6.07, 6.45) is 0. The molecule has 3 aromatic carbocycles. The molecule has 1 unspecified atom stereocenters. The minimum atomic E-state index is -0.991. The van der Waals surface area contributed by atoms with Gasteiger partial charge < -0.3 is 24.1 Å². The van der Waals surface area contributed by atoms with Gasteiger partial charge in [-0.25, -0.2) is 0 Å². The molecule has 0 radical (unpaired) electrons. The van der Waals surface area contributed by atoms with Crippen molar-refractivity contribution in [2.45, 2.75) is 26.8 Å². The van der Waals surface area contributed by atoms with E-state index in [2.05, 4.69) is 0 Å². The number of aliphatic hydroxyl groups excluding tert-OH is 1. The van der Waals surface area contributed by atoms with Crippen molar-refractivity contribution in [3.63, 3.8) is 0 Å². The second kappa shape index (κ2) is 12.1. The third-order valence-corrected chi connectivity index (χ3v) is 6.39. The summed E-state index contributed by atoms with van der Waals surface area (Å²) in [5.74, 6) is -0.230. The lowest BCUT2D eigenvalue weighted by Gasteiger charge is -2.26. The number of carbonyl (C=O) groups excluding carboxylic acids is 2. The SMILES string of the molecule is CCOc1ccc(/C(O)=C2\C(=O)C(=O)N(c3cccc(Cl)c3)C2c2ccc(OC)c(OCC)c2)c(OCC)c1. The third kappa shape index (κ3) is 5.52. The normalized spacial score (nSPS) is 16.3. The number of methoxy groups -OCH3 is 1. The van der Waals surface area contributed by atoms with Crippen molar-refractivity contribution in [2.24, 2.45) is 0 Å². The fraction of sp³-hybridized carbons (Fsp3) is 0.267. The molecule has 1 N–H and O–H groups in total. The van der Waals surface area contributed by atoms with Gasteiger partial charge in [0, 0.05) is 16.8 Å². The number of ether oxygens (including phenoxy) is 4. The Labute approximate surface area is 232 Å². The first-order valence-electron chi connectivity index (χ1n) is 12.6. The van der Waals surface area contributed by atoms with Crippen molar-refractivity contribution in [1.82, 2.24) is 0 Å². The Morgan fingerprint density at radius 1 is 0.872 bits per heavy atom. The van der Waals surface area contributed by atoms with Gasteiger partial charge in [0.1, 0.15) is 17.3 Å². The number of rotatable bonds is 10. The molecule has 1 fully saturated rings. The maximum absolute atomic E-state index is 13.6. The van der Waals surface area contributed by atoms with Crippen LogP contribution in [0.5, 0.6) is 23.0 Å². The summed E-state index contributed by atoms with van der Waals surface area (Å²) in [4.78, 5) is 28.4. The Bertz CT molecular complexity index is 1420. The molecule has 0 saturated carbocycles. The van der Waals surface area contributed by atoms with Gasteiger partial charge >= 0.3 is 0 Å². The monoisotopic (exact) mass is 551 g/mol. The summed E-state index contributed by atoms with van der Waals surface area (Å²) in [5, 5.41) is 12.0. The molecule has 0 bridgehead atoms. The molecule has 3 aromatic rings. The van der Waals surface area contributed by atoms with E-state index < -0.39 is 17.7 Å². The van der Waals surface area contributed by atoms with Gasteiger partial charge in [0.05, 0.1) is 44.1 Å². The van der Waals surface area contributed by atoms with E-state index in [1.165, 1.54) is 12.0 Å². The summed E-state index contributed by atoms with van der Waals surface area (Å²) < 4.78 is 22.5. The average molecular weight is 552 g/mol. The number of carbonyl (C=O) groups is 2. The van der Waals surface area contributed by atoms with Crippen LogP contribution < -0.4 is 23.8 Å². The summed E-state index contributed by atoms with van der Waals surface area (Å²) in [7, 11) is 1.52. The minimum absolute atomic E-state index is 0.0993. The van der Waals surface area contributed by atoms with Crippen LogP contribution in [0.15, 0.2) is 66.2 Å². The van der Waals surface area contributed by atoms with E-state index in [1.807, 2.05) is 20.8 Å². The van der Waals surface area contributed by atoms with E-state index in [0.717, 1.165) is 0 Å². The molecule has 4 rings (SSSR count). The number of anilines is 1. The molecule has 1 aliphatic heterocycles. The Balaban J connectivity index is 1.98. The number of hydrogen-bond acceptors (Lipinski definition) is 7. The molecular weight excluding hydrogens is 522 g/mol. The highest BCUT2D eigenvalue weighted by atomic mass is 35.5. The van der Waals surface area contributed by atoms with Crippen molar-refractivity contribution in [1.29, 1.82) is 0 Å². The largest absolute Gasteiger partial charge is 0.507 e. The van der Waals surface area contributed by atoms with Crippen LogP contribution in [-0.2, 0) is 9.59 Å². The molecule has 9 heteroatoms. The lowest BCUT2D eigenvalue weighted by molar-refractivity contribution is -0.132. The highest BCUT2D eigenvalue weighted by Gasteiger charge is 2.47. The zero-order valence-electron chi connectivity index (χ0n) is 22.2. The van der Waals surface area contributed by atoms with Crippen LogP contribution in [-0.4, -0.2) is 43.7 Å². The summed E-state index contributed by atoms with van der Waals surface area (Å²) >= 11 is 6.25. The molecule has 39 heavy (non-hydrogen) atoms. The van der Waals surface area contributed by atoms with Crippen LogP contribution in [0.2, 0.25) is 5.02 Å². The third-order valence-electron chi connectivity index (χ3n) is 6.15. The number of amides is 1. The van der Waals surface area contributed by atoms with Crippen molar-refractivity contribution < 1.29 is 33.6 Å². The van der Waals surface area contributed by atoms with Crippen LogP contribution in [0.3, 0.4) is 0 Å². The highest BCUT2D eigenvalue weighted by molar-refractivity contribution is 6.51. The first-order chi connectivity index (χ1) is 18.8.